The second-order valence-electron chi connectivity index (χ2n) is 5.15. The summed E-state index contributed by atoms with van der Waals surface area (Å²) in [5.41, 5.74) is 0.275. The van der Waals surface area contributed by atoms with Crippen molar-refractivity contribution in [3.05, 3.63) is 29.8 Å². The molecule has 0 atom stereocenters. The van der Waals surface area contributed by atoms with Crippen molar-refractivity contribution < 1.29 is 23.1 Å². The van der Waals surface area contributed by atoms with Crippen LogP contribution < -0.4 is 10.2 Å². The van der Waals surface area contributed by atoms with Crippen molar-refractivity contribution in [2.75, 3.05) is 44.8 Å². The average Bonchev–Trinajstić information content (AvgIpc) is 2.88. The number of halogens is 2. The molecule has 0 radical (unpaired) electrons. The summed E-state index contributed by atoms with van der Waals surface area (Å²) in [7, 11) is 1.58. The van der Waals surface area contributed by atoms with Gasteiger partial charge in [-0.15, -0.1) is 0 Å². The van der Waals surface area contributed by atoms with Crippen LogP contribution in [0.1, 0.15) is 6.42 Å². The number of nitrogens with one attached hydrogen (secondary N) is 1. The van der Waals surface area contributed by atoms with Crippen LogP contribution in [-0.2, 0) is 9.53 Å². The summed E-state index contributed by atoms with van der Waals surface area (Å²) in [5.74, 6) is -2.24. The number of hydrogen-bond acceptors (Lipinski definition) is 3. The third-order valence-electron chi connectivity index (χ3n) is 3.49. The number of amides is 3. The van der Waals surface area contributed by atoms with E-state index in [4.69, 9.17) is 4.74 Å². The second kappa shape index (κ2) is 7.87. The monoisotopic (exact) mass is 327 g/mol. The van der Waals surface area contributed by atoms with Gasteiger partial charge in [0.05, 0.1) is 0 Å². The van der Waals surface area contributed by atoms with Gasteiger partial charge in [-0.25, -0.2) is 13.6 Å². The Balaban J connectivity index is 1.88. The van der Waals surface area contributed by atoms with E-state index in [-0.39, 0.29) is 18.1 Å². The molecule has 1 aliphatic rings. The first-order chi connectivity index (χ1) is 11.0. The predicted molar refractivity (Wildman–Crippen MR) is 80.2 cm³/mol. The van der Waals surface area contributed by atoms with Crippen LogP contribution in [0.15, 0.2) is 18.2 Å². The normalized spacial score (nSPS) is 14.5. The molecule has 1 saturated heterocycles. The first-order valence-corrected chi connectivity index (χ1v) is 7.30. The summed E-state index contributed by atoms with van der Waals surface area (Å²) in [5, 5.41) is 2.70. The molecule has 0 unspecified atom stereocenters. The zero-order valence-corrected chi connectivity index (χ0v) is 12.8. The number of carbonyl (C=O) groups excluding carboxylic acids is 2. The number of rotatable bonds is 7. The Labute approximate surface area is 133 Å². The summed E-state index contributed by atoms with van der Waals surface area (Å²) in [6, 6.07) is 2.89. The molecular weight excluding hydrogens is 308 g/mol. The van der Waals surface area contributed by atoms with Gasteiger partial charge >= 0.3 is 6.03 Å². The molecule has 1 heterocycles. The minimum absolute atomic E-state index is 0.0635. The fourth-order valence-electron chi connectivity index (χ4n) is 2.30. The van der Waals surface area contributed by atoms with Gasteiger partial charge in [-0.1, -0.05) is 0 Å². The Morgan fingerprint density at radius 3 is 2.78 bits per heavy atom. The SMILES string of the molecule is COCCCNC(=O)CN1CCN(c2ccc(F)c(F)c2)C1=O. The Hall–Kier alpha value is -2.22. The van der Waals surface area contributed by atoms with Crippen LogP contribution in [0.5, 0.6) is 0 Å². The van der Waals surface area contributed by atoms with Crippen molar-refractivity contribution in [3.8, 4) is 0 Å². The molecule has 0 spiro atoms. The number of carbonyl (C=O) groups is 2. The van der Waals surface area contributed by atoms with Gasteiger partial charge in [-0.2, -0.15) is 0 Å². The van der Waals surface area contributed by atoms with Crippen LogP contribution in [-0.4, -0.2) is 56.7 Å². The maximum absolute atomic E-state index is 13.3. The molecule has 126 valence electrons. The predicted octanol–water partition coefficient (Wildman–Crippen LogP) is 1.36. The van der Waals surface area contributed by atoms with Crippen molar-refractivity contribution in [1.29, 1.82) is 0 Å². The number of benzene rings is 1. The van der Waals surface area contributed by atoms with E-state index in [1.807, 2.05) is 0 Å². The summed E-state index contributed by atoms with van der Waals surface area (Å²) in [4.78, 5) is 26.7. The summed E-state index contributed by atoms with van der Waals surface area (Å²) in [6.07, 6.45) is 0.692. The van der Waals surface area contributed by atoms with Gasteiger partial charge in [0.2, 0.25) is 5.91 Å². The Kier molecular flexibility index (Phi) is 5.86. The Morgan fingerprint density at radius 1 is 1.30 bits per heavy atom. The molecule has 1 aliphatic heterocycles. The van der Waals surface area contributed by atoms with Crippen LogP contribution in [0.25, 0.3) is 0 Å². The van der Waals surface area contributed by atoms with E-state index >= 15 is 0 Å². The lowest BCUT2D eigenvalue weighted by Gasteiger charge is -2.18. The fraction of sp³-hybridized carbons (Fsp3) is 0.467. The molecule has 23 heavy (non-hydrogen) atoms. The van der Waals surface area contributed by atoms with Gasteiger partial charge < -0.3 is 15.0 Å². The van der Waals surface area contributed by atoms with E-state index in [9.17, 15) is 18.4 Å². The second-order valence-corrected chi connectivity index (χ2v) is 5.15. The number of methoxy groups -OCH3 is 1. The quantitative estimate of drug-likeness (QED) is 0.769. The lowest BCUT2D eigenvalue weighted by Crippen LogP contribution is -2.40. The highest BCUT2D eigenvalue weighted by atomic mass is 19.2. The molecular formula is C15H19F2N3O3. The molecule has 1 fully saturated rings. The van der Waals surface area contributed by atoms with Crippen LogP contribution >= 0.6 is 0 Å². The van der Waals surface area contributed by atoms with E-state index in [0.29, 0.717) is 32.7 Å². The summed E-state index contributed by atoms with van der Waals surface area (Å²) >= 11 is 0. The molecule has 2 rings (SSSR count). The van der Waals surface area contributed by atoms with Crippen molar-refractivity contribution in [3.63, 3.8) is 0 Å². The Morgan fingerprint density at radius 2 is 2.09 bits per heavy atom. The smallest absolute Gasteiger partial charge is 0.325 e. The van der Waals surface area contributed by atoms with Gasteiger partial charge in [-0.05, 0) is 18.6 Å². The van der Waals surface area contributed by atoms with Crippen molar-refractivity contribution >= 4 is 17.6 Å². The third-order valence-corrected chi connectivity index (χ3v) is 3.49. The first kappa shape index (κ1) is 17.1. The van der Waals surface area contributed by atoms with Crippen LogP contribution in [0.3, 0.4) is 0 Å². The highest BCUT2D eigenvalue weighted by molar-refractivity contribution is 5.96. The van der Waals surface area contributed by atoms with Crippen LogP contribution in [0, 0.1) is 11.6 Å². The van der Waals surface area contributed by atoms with E-state index in [1.165, 1.54) is 15.9 Å². The van der Waals surface area contributed by atoms with Crippen LogP contribution in [0.2, 0.25) is 0 Å². The maximum atomic E-state index is 13.3. The van der Waals surface area contributed by atoms with Crippen molar-refractivity contribution in [1.82, 2.24) is 10.2 Å². The molecule has 8 heteroatoms. The number of ether oxygens (including phenoxy) is 1. The van der Waals surface area contributed by atoms with Gasteiger partial charge in [-0.3, -0.25) is 9.69 Å². The van der Waals surface area contributed by atoms with Gasteiger partial charge in [0.25, 0.3) is 0 Å². The van der Waals surface area contributed by atoms with E-state index in [0.717, 1.165) is 12.1 Å². The lowest BCUT2D eigenvalue weighted by molar-refractivity contribution is -0.121. The lowest BCUT2D eigenvalue weighted by atomic mass is 10.3. The van der Waals surface area contributed by atoms with E-state index < -0.39 is 17.7 Å². The molecule has 0 saturated carbocycles. The van der Waals surface area contributed by atoms with E-state index in [1.54, 1.807) is 7.11 Å². The molecule has 1 aromatic carbocycles. The van der Waals surface area contributed by atoms with Crippen molar-refractivity contribution in [2.24, 2.45) is 0 Å². The van der Waals surface area contributed by atoms with Crippen molar-refractivity contribution in [2.45, 2.75) is 6.42 Å². The summed E-state index contributed by atoms with van der Waals surface area (Å²) in [6.45, 7) is 1.63. The largest absolute Gasteiger partial charge is 0.385 e. The summed E-state index contributed by atoms with van der Waals surface area (Å²) < 4.78 is 31.1. The molecule has 0 aromatic heterocycles. The van der Waals surface area contributed by atoms with E-state index in [2.05, 4.69) is 5.32 Å². The number of nitrogens with zero attached hydrogens (tertiary/aromatic N) is 2. The first-order valence-electron chi connectivity index (χ1n) is 7.30. The molecule has 0 bridgehead atoms. The number of anilines is 1. The highest BCUT2D eigenvalue weighted by Crippen LogP contribution is 2.22. The zero-order chi connectivity index (χ0) is 16.8. The number of hydrogen-bond donors (Lipinski definition) is 1. The highest BCUT2D eigenvalue weighted by Gasteiger charge is 2.31. The van der Waals surface area contributed by atoms with Gasteiger partial charge in [0, 0.05) is 45.1 Å². The topological polar surface area (TPSA) is 61.9 Å². The van der Waals surface area contributed by atoms with Gasteiger partial charge in [0.1, 0.15) is 6.54 Å². The minimum Gasteiger partial charge on any atom is -0.385 e. The number of urea groups is 1. The maximum Gasteiger partial charge on any atom is 0.325 e. The minimum atomic E-state index is -1.01. The molecule has 1 aromatic rings. The molecule has 1 N–H and O–H groups in total. The fourth-order valence-corrected chi connectivity index (χ4v) is 2.30. The van der Waals surface area contributed by atoms with Gasteiger partial charge in [0.15, 0.2) is 11.6 Å². The molecule has 6 nitrogen and oxygen atoms in total. The average molecular weight is 327 g/mol. The molecule has 3 amide bonds. The zero-order valence-electron chi connectivity index (χ0n) is 12.8. The third kappa shape index (κ3) is 4.38. The van der Waals surface area contributed by atoms with Crippen LogP contribution in [0.4, 0.5) is 19.3 Å². The molecule has 0 aliphatic carbocycles. The Bertz CT molecular complexity index is 583. The standard InChI is InChI=1S/C15H19F2N3O3/c1-23-8-2-5-18-14(21)10-19-6-7-20(15(19)22)11-3-4-12(16)13(17)9-11/h3-4,9H,2,5-8,10H2,1H3,(H,18,21).